The van der Waals surface area contributed by atoms with Crippen molar-refractivity contribution in [1.82, 2.24) is 10.2 Å². The molecular formula is C20H22N2O4S. The summed E-state index contributed by atoms with van der Waals surface area (Å²) in [5, 5.41) is 13.8. The summed E-state index contributed by atoms with van der Waals surface area (Å²) in [7, 11) is 0. The van der Waals surface area contributed by atoms with Crippen molar-refractivity contribution in [2.75, 3.05) is 13.1 Å². The fourth-order valence-corrected chi connectivity index (χ4v) is 3.88. The number of piperidine rings is 1. The molecule has 1 aromatic heterocycles. The van der Waals surface area contributed by atoms with Crippen LogP contribution in [0.25, 0.3) is 0 Å². The van der Waals surface area contributed by atoms with E-state index in [0.29, 0.717) is 37.2 Å². The monoisotopic (exact) mass is 386 g/mol. The third kappa shape index (κ3) is 4.95. The Balaban J connectivity index is 1.71. The maximum atomic E-state index is 13.1. The second-order valence-corrected chi connectivity index (χ2v) is 7.58. The molecule has 2 aromatic rings. The number of hydrogen-bond acceptors (Lipinski definition) is 4. The van der Waals surface area contributed by atoms with E-state index in [2.05, 4.69) is 5.32 Å². The van der Waals surface area contributed by atoms with Crippen LogP contribution in [-0.4, -0.2) is 46.9 Å². The number of amides is 2. The molecule has 1 atom stereocenters. The molecule has 1 aliphatic heterocycles. The first-order chi connectivity index (χ1) is 13.0. The van der Waals surface area contributed by atoms with E-state index < -0.39 is 17.9 Å². The molecule has 2 amide bonds. The van der Waals surface area contributed by atoms with E-state index >= 15 is 0 Å². The van der Waals surface area contributed by atoms with Gasteiger partial charge in [0.05, 0.1) is 10.8 Å². The van der Waals surface area contributed by atoms with Gasteiger partial charge in [0.25, 0.3) is 5.91 Å². The summed E-state index contributed by atoms with van der Waals surface area (Å²) >= 11 is 1.33. The van der Waals surface area contributed by atoms with Gasteiger partial charge in [-0.15, -0.1) is 11.3 Å². The number of benzene rings is 1. The van der Waals surface area contributed by atoms with Crippen LogP contribution in [0.5, 0.6) is 0 Å². The minimum atomic E-state index is -0.811. The fourth-order valence-electron chi connectivity index (χ4n) is 3.25. The maximum Gasteiger partial charge on any atom is 0.306 e. The Morgan fingerprint density at radius 3 is 2.41 bits per heavy atom. The van der Waals surface area contributed by atoms with Gasteiger partial charge < -0.3 is 15.3 Å². The zero-order valence-corrected chi connectivity index (χ0v) is 15.7. The molecule has 1 aliphatic rings. The lowest BCUT2D eigenvalue weighted by Crippen LogP contribution is -2.52. The van der Waals surface area contributed by atoms with Crippen LogP contribution in [0.1, 0.15) is 28.1 Å². The van der Waals surface area contributed by atoms with Gasteiger partial charge >= 0.3 is 5.97 Å². The molecule has 0 saturated carbocycles. The number of carboxylic acids is 1. The Labute approximate surface area is 161 Å². The first-order valence-corrected chi connectivity index (χ1v) is 9.82. The van der Waals surface area contributed by atoms with Crippen molar-refractivity contribution in [2.45, 2.75) is 25.3 Å². The van der Waals surface area contributed by atoms with Gasteiger partial charge in [-0.1, -0.05) is 36.4 Å². The SMILES string of the molecule is O=C(NC(Cc1ccccc1)C(=O)N1CCC(C(=O)O)CC1)c1cccs1. The summed E-state index contributed by atoms with van der Waals surface area (Å²) in [6.45, 7) is 0.798. The summed E-state index contributed by atoms with van der Waals surface area (Å²) in [5.74, 6) is -1.64. The molecule has 0 spiro atoms. The van der Waals surface area contributed by atoms with Crippen molar-refractivity contribution in [3.05, 3.63) is 58.3 Å². The van der Waals surface area contributed by atoms with Crippen LogP contribution >= 0.6 is 11.3 Å². The van der Waals surface area contributed by atoms with Gasteiger partial charge in [-0.2, -0.15) is 0 Å². The predicted molar refractivity (Wildman–Crippen MR) is 103 cm³/mol. The lowest BCUT2D eigenvalue weighted by molar-refractivity contribution is -0.146. The van der Waals surface area contributed by atoms with E-state index in [1.165, 1.54) is 11.3 Å². The molecule has 0 bridgehead atoms. The van der Waals surface area contributed by atoms with Crippen LogP contribution in [0, 0.1) is 5.92 Å². The first-order valence-electron chi connectivity index (χ1n) is 8.94. The highest BCUT2D eigenvalue weighted by Crippen LogP contribution is 2.19. The highest BCUT2D eigenvalue weighted by molar-refractivity contribution is 7.12. The molecule has 2 heterocycles. The fraction of sp³-hybridized carbons (Fsp3) is 0.350. The summed E-state index contributed by atoms with van der Waals surface area (Å²) in [4.78, 5) is 38.9. The number of likely N-dealkylation sites (tertiary alicyclic amines) is 1. The van der Waals surface area contributed by atoms with Crippen molar-refractivity contribution in [1.29, 1.82) is 0 Å². The number of carbonyl (C=O) groups is 3. The van der Waals surface area contributed by atoms with Crippen molar-refractivity contribution >= 4 is 29.1 Å². The zero-order chi connectivity index (χ0) is 19.2. The molecule has 0 radical (unpaired) electrons. The largest absolute Gasteiger partial charge is 0.481 e. The first kappa shape index (κ1) is 19.1. The van der Waals surface area contributed by atoms with Gasteiger partial charge in [-0.3, -0.25) is 14.4 Å². The third-order valence-electron chi connectivity index (χ3n) is 4.79. The molecule has 0 aliphatic carbocycles. The second kappa shape index (κ2) is 8.81. The van der Waals surface area contributed by atoms with Crippen molar-refractivity contribution in [3.63, 3.8) is 0 Å². The summed E-state index contributed by atoms with van der Waals surface area (Å²) in [5.41, 5.74) is 0.961. The van der Waals surface area contributed by atoms with Gasteiger partial charge in [-0.25, -0.2) is 0 Å². The van der Waals surface area contributed by atoms with Crippen molar-refractivity contribution in [2.24, 2.45) is 5.92 Å². The molecule has 1 unspecified atom stereocenters. The van der Waals surface area contributed by atoms with E-state index in [9.17, 15) is 14.4 Å². The normalized spacial score (nSPS) is 15.9. The van der Waals surface area contributed by atoms with Crippen LogP contribution < -0.4 is 5.32 Å². The van der Waals surface area contributed by atoms with E-state index in [1.807, 2.05) is 35.7 Å². The maximum absolute atomic E-state index is 13.1. The van der Waals surface area contributed by atoms with Gasteiger partial charge in [-0.05, 0) is 29.9 Å². The van der Waals surface area contributed by atoms with Gasteiger partial charge in [0.2, 0.25) is 5.91 Å². The van der Waals surface area contributed by atoms with Gasteiger partial charge in [0.1, 0.15) is 6.04 Å². The number of nitrogens with one attached hydrogen (secondary N) is 1. The Morgan fingerprint density at radius 1 is 1.11 bits per heavy atom. The number of carbonyl (C=O) groups excluding carboxylic acids is 2. The smallest absolute Gasteiger partial charge is 0.306 e. The van der Waals surface area contributed by atoms with E-state index in [0.717, 1.165) is 5.56 Å². The van der Waals surface area contributed by atoms with Crippen LogP contribution in [0.4, 0.5) is 0 Å². The predicted octanol–water partition coefficient (Wildman–Crippen LogP) is 2.41. The summed E-state index contributed by atoms with van der Waals surface area (Å²) in [6, 6.07) is 12.4. The third-order valence-corrected chi connectivity index (χ3v) is 5.66. The van der Waals surface area contributed by atoms with Crippen LogP contribution in [0.2, 0.25) is 0 Å². The summed E-state index contributed by atoms with van der Waals surface area (Å²) in [6.07, 6.45) is 1.28. The Morgan fingerprint density at radius 2 is 1.81 bits per heavy atom. The molecule has 2 N–H and O–H groups in total. The number of hydrogen-bond donors (Lipinski definition) is 2. The Kier molecular flexibility index (Phi) is 6.24. The molecule has 1 saturated heterocycles. The number of carboxylic acid groups (broad SMARTS) is 1. The standard InChI is InChI=1S/C20H22N2O4S/c23-18(17-7-4-12-27-17)21-16(13-14-5-2-1-3-6-14)19(24)22-10-8-15(9-11-22)20(25)26/h1-7,12,15-16H,8-11,13H2,(H,21,23)(H,25,26). The number of nitrogens with zero attached hydrogens (tertiary/aromatic N) is 1. The highest BCUT2D eigenvalue weighted by atomic mass is 32.1. The molecule has 3 rings (SSSR count). The quantitative estimate of drug-likeness (QED) is 0.798. The molecule has 7 heteroatoms. The molecule has 1 aromatic carbocycles. The molecule has 142 valence electrons. The van der Waals surface area contributed by atoms with Crippen molar-refractivity contribution in [3.8, 4) is 0 Å². The van der Waals surface area contributed by atoms with E-state index in [4.69, 9.17) is 5.11 Å². The van der Waals surface area contributed by atoms with E-state index in [-0.39, 0.29) is 11.8 Å². The average molecular weight is 386 g/mol. The van der Waals surface area contributed by atoms with Crippen LogP contribution in [0.3, 0.4) is 0 Å². The Bertz CT molecular complexity index is 784. The Hall–Kier alpha value is -2.67. The van der Waals surface area contributed by atoms with Crippen LogP contribution in [0.15, 0.2) is 47.8 Å². The van der Waals surface area contributed by atoms with Crippen LogP contribution in [-0.2, 0) is 16.0 Å². The number of rotatable bonds is 6. The molecule has 6 nitrogen and oxygen atoms in total. The minimum absolute atomic E-state index is 0.160. The average Bonchev–Trinajstić information content (AvgIpc) is 3.23. The zero-order valence-electron chi connectivity index (χ0n) is 14.8. The number of aliphatic carboxylic acids is 1. The number of thiophene rings is 1. The van der Waals surface area contributed by atoms with E-state index in [1.54, 1.807) is 17.0 Å². The topological polar surface area (TPSA) is 86.7 Å². The highest BCUT2D eigenvalue weighted by Gasteiger charge is 2.31. The second-order valence-electron chi connectivity index (χ2n) is 6.63. The van der Waals surface area contributed by atoms with Crippen molar-refractivity contribution < 1.29 is 19.5 Å². The molecule has 27 heavy (non-hydrogen) atoms. The van der Waals surface area contributed by atoms with Gasteiger partial charge in [0, 0.05) is 19.5 Å². The lowest BCUT2D eigenvalue weighted by Gasteiger charge is -2.33. The summed E-state index contributed by atoms with van der Waals surface area (Å²) < 4.78 is 0. The lowest BCUT2D eigenvalue weighted by atomic mass is 9.96. The van der Waals surface area contributed by atoms with Gasteiger partial charge in [0.15, 0.2) is 0 Å². The molecule has 1 fully saturated rings. The molecular weight excluding hydrogens is 364 g/mol. The minimum Gasteiger partial charge on any atom is -0.481 e.